The zero-order chi connectivity index (χ0) is 7.61. The van der Waals surface area contributed by atoms with Crippen molar-refractivity contribution in [3.8, 4) is 0 Å². The zero-order valence-electron chi connectivity index (χ0n) is 6.46. The Kier molecular flexibility index (Phi) is 1.01. The summed E-state index contributed by atoms with van der Waals surface area (Å²) in [6.07, 6.45) is 0. The van der Waals surface area contributed by atoms with Crippen LogP contribution in [0.15, 0.2) is 30.3 Å². The fourth-order valence-electron chi connectivity index (χ4n) is 0.534. The van der Waals surface area contributed by atoms with Gasteiger partial charge in [-0.15, -0.1) is 0 Å². The van der Waals surface area contributed by atoms with Crippen molar-refractivity contribution in [2.24, 2.45) is 5.73 Å². The lowest BCUT2D eigenvalue weighted by Crippen LogP contribution is -1.94. The van der Waals surface area contributed by atoms with E-state index in [1.165, 1.54) is 0 Å². The molecule has 2 N–H and O–H groups in total. The van der Waals surface area contributed by atoms with Crippen molar-refractivity contribution in [1.82, 2.24) is 0 Å². The molecule has 1 nitrogen and oxygen atoms in total. The van der Waals surface area contributed by atoms with Crippen LogP contribution in [0.4, 0.5) is 0 Å². The summed E-state index contributed by atoms with van der Waals surface area (Å²) < 4.78 is 14.2. The first kappa shape index (κ1) is 3.25. The zero-order valence-corrected chi connectivity index (χ0v) is 4.46. The molecule has 1 heteroatoms. The quantitative estimate of drug-likeness (QED) is 0.575. The van der Waals surface area contributed by atoms with Gasteiger partial charge in [0, 0.05) is 9.24 Å². The Morgan fingerprint density at radius 3 is 2.38 bits per heavy atom. The van der Waals surface area contributed by atoms with E-state index in [0.717, 1.165) is 0 Å². The lowest BCUT2D eigenvalue weighted by molar-refractivity contribution is 1.07. The molecule has 0 bridgehead atoms. The SMILES string of the molecule is [2H]C([2H])(N)c1ccccc1. The molecule has 1 rings (SSSR count). The molecule has 0 aromatic heterocycles. The number of hydrogen-bond donors (Lipinski definition) is 1. The molecule has 1 aromatic carbocycles. The van der Waals surface area contributed by atoms with Crippen molar-refractivity contribution in [2.75, 3.05) is 0 Å². The van der Waals surface area contributed by atoms with Gasteiger partial charge in [0.05, 0.1) is 0 Å². The van der Waals surface area contributed by atoms with E-state index in [1.807, 2.05) is 6.07 Å². The van der Waals surface area contributed by atoms with Crippen molar-refractivity contribution in [3.63, 3.8) is 0 Å². The molecule has 0 unspecified atom stereocenters. The van der Waals surface area contributed by atoms with E-state index < -0.39 is 6.50 Å². The van der Waals surface area contributed by atoms with E-state index in [4.69, 9.17) is 8.48 Å². The maximum atomic E-state index is 7.12. The molecule has 0 saturated heterocycles. The third kappa shape index (κ3) is 1.07. The summed E-state index contributed by atoms with van der Waals surface area (Å²) >= 11 is 0. The van der Waals surface area contributed by atoms with Gasteiger partial charge in [0.15, 0.2) is 0 Å². The van der Waals surface area contributed by atoms with Crippen LogP contribution < -0.4 is 5.73 Å². The van der Waals surface area contributed by atoms with Crippen molar-refractivity contribution in [1.29, 1.82) is 0 Å². The first-order chi connectivity index (χ1) is 4.61. The molecular weight excluding hydrogens is 98.1 g/mol. The smallest absolute Gasteiger partial charge is 0.0477 e. The molecule has 0 heterocycles. The molecular formula is C7H9N. The maximum absolute atomic E-state index is 7.12. The van der Waals surface area contributed by atoms with E-state index >= 15 is 0 Å². The monoisotopic (exact) mass is 109 g/mol. The Morgan fingerprint density at radius 1 is 1.38 bits per heavy atom. The minimum Gasteiger partial charge on any atom is -0.326 e. The van der Waals surface area contributed by atoms with Crippen molar-refractivity contribution in [3.05, 3.63) is 35.9 Å². The van der Waals surface area contributed by atoms with Crippen molar-refractivity contribution >= 4 is 0 Å². The fourth-order valence-corrected chi connectivity index (χ4v) is 0.534. The Balaban J connectivity index is 2.97. The second-order valence-electron chi connectivity index (χ2n) is 1.51. The molecule has 0 spiro atoms. The Morgan fingerprint density at radius 2 is 2.00 bits per heavy atom. The highest BCUT2D eigenvalue weighted by Gasteiger charge is 1.80. The van der Waals surface area contributed by atoms with Gasteiger partial charge in [0.1, 0.15) is 0 Å². The molecule has 0 aliphatic heterocycles. The highest BCUT2D eigenvalue weighted by atomic mass is 14.5. The largest absolute Gasteiger partial charge is 0.326 e. The molecule has 0 amide bonds. The number of rotatable bonds is 1. The van der Waals surface area contributed by atoms with Gasteiger partial charge in [-0.2, -0.15) is 0 Å². The third-order valence-corrected chi connectivity index (χ3v) is 0.940. The summed E-state index contributed by atoms with van der Waals surface area (Å²) in [5.41, 5.74) is 5.70. The van der Waals surface area contributed by atoms with E-state index in [0.29, 0.717) is 5.56 Å². The highest BCUT2D eigenvalue weighted by molar-refractivity contribution is 5.13. The van der Waals surface area contributed by atoms with Gasteiger partial charge in [-0.05, 0) is 5.56 Å². The Bertz CT molecular complexity index is 203. The minimum atomic E-state index is -1.71. The van der Waals surface area contributed by atoms with Gasteiger partial charge in [0.25, 0.3) is 0 Å². The van der Waals surface area contributed by atoms with Crippen LogP contribution in [0.25, 0.3) is 0 Å². The summed E-state index contributed by atoms with van der Waals surface area (Å²) in [4.78, 5) is 0. The lowest BCUT2D eigenvalue weighted by Gasteiger charge is -1.90. The van der Waals surface area contributed by atoms with Crippen LogP contribution in [-0.2, 0) is 6.50 Å². The maximum Gasteiger partial charge on any atom is 0.0477 e. The summed E-state index contributed by atoms with van der Waals surface area (Å²) in [5, 5.41) is 0. The van der Waals surface area contributed by atoms with Gasteiger partial charge in [0.2, 0.25) is 0 Å². The molecule has 0 atom stereocenters. The van der Waals surface area contributed by atoms with Crippen LogP contribution in [0.5, 0.6) is 0 Å². The van der Waals surface area contributed by atoms with Crippen molar-refractivity contribution in [2.45, 2.75) is 6.50 Å². The predicted octanol–water partition coefficient (Wildman–Crippen LogP) is 1.15. The number of nitrogens with two attached hydrogens (primary N) is 1. The van der Waals surface area contributed by atoms with E-state index in [-0.39, 0.29) is 0 Å². The fraction of sp³-hybridized carbons (Fsp3) is 0.143. The highest BCUT2D eigenvalue weighted by Crippen LogP contribution is 1.94. The topological polar surface area (TPSA) is 26.0 Å². The minimum absolute atomic E-state index is 0.509. The summed E-state index contributed by atoms with van der Waals surface area (Å²) in [6, 6.07) is 8.69. The van der Waals surface area contributed by atoms with E-state index in [9.17, 15) is 0 Å². The Hall–Kier alpha value is -0.820. The van der Waals surface area contributed by atoms with Crippen LogP contribution in [-0.4, -0.2) is 0 Å². The Labute approximate surface area is 51.9 Å². The molecule has 0 fully saturated rings. The van der Waals surface area contributed by atoms with Crippen LogP contribution in [0.3, 0.4) is 0 Å². The van der Waals surface area contributed by atoms with Gasteiger partial charge in [-0.1, -0.05) is 30.3 Å². The van der Waals surface area contributed by atoms with Crippen LogP contribution in [0, 0.1) is 0 Å². The third-order valence-electron chi connectivity index (χ3n) is 0.940. The average molecular weight is 109 g/mol. The second-order valence-corrected chi connectivity index (χ2v) is 1.51. The lowest BCUT2D eigenvalue weighted by atomic mass is 10.2. The predicted molar refractivity (Wildman–Crippen MR) is 34.3 cm³/mol. The molecule has 0 aliphatic carbocycles. The summed E-state index contributed by atoms with van der Waals surface area (Å²) in [7, 11) is 0. The van der Waals surface area contributed by atoms with Gasteiger partial charge < -0.3 is 5.73 Å². The number of hydrogen-bond acceptors (Lipinski definition) is 1. The van der Waals surface area contributed by atoms with E-state index in [2.05, 4.69) is 0 Å². The number of benzene rings is 1. The van der Waals surface area contributed by atoms with Crippen molar-refractivity contribution < 1.29 is 2.74 Å². The molecule has 8 heavy (non-hydrogen) atoms. The van der Waals surface area contributed by atoms with Crippen LogP contribution in [0.1, 0.15) is 8.30 Å². The molecule has 0 radical (unpaired) electrons. The first-order valence-corrected chi connectivity index (χ1v) is 2.45. The first-order valence-electron chi connectivity index (χ1n) is 3.45. The summed E-state index contributed by atoms with van der Waals surface area (Å²) in [6.45, 7) is -1.71. The molecule has 0 aliphatic rings. The standard InChI is InChI=1S/C7H9N/c8-6-7-4-2-1-3-5-7/h1-5H,6,8H2/i6D2. The van der Waals surface area contributed by atoms with Crippen LogP contribution >= 0.6 is 0 Å². The molecule has 0 saturated carbocycles. The molecule has 42 valence electrons. The van der Waals surface area contributed by atoms with E-state index in [1.54, 1.807) is 24.3 Å². The summed E-state index contributed by atoms with van der Waals surface area (Å²) in [5.74, 6) is 0. The van der Waals surface area contributed by atoms with Gasteiger partial charge in [-0.3, -0.25) is 0 Å². The van der Waals surface area contributed by atoms with Gasteiger partial charge >= 0.3 is 0 Å². The van der Waals surface area contributed by atoms with Crippen LogP contribution in [0.2, 0.25) is 0 Å². The average Bonchev–Trinajstić information content (AvgIpc) is 1.88. The van der Waals surface area contributed by atoms with Gasteiger partial charge in [-0.25, -0.2) is 0 Å². The molecule has 1 aromatic rings. The second kappa shape index (κ2) is 2.48. The normalized spacial score (nSPS) is 14.6.